The molecule has 0 heterocycles. The van der Waals surface area contributed by atoms with Gasteiger partial charge in [0.05, 0.1) is 11.5 Å². The molecule has 0 radical (unpaired) electrons. The highest BCUT2D eigenvalue weighted by atomic mass is 16.6. The summed E-state index contributed by atoms with van der Waals surface area (Å²) < 4.78 is 4.50. The predicted octanol–water partition coefficient (Wildman–Crippen LogP) is 0.774. The van der Waals surface area contributed by atoms with E-state index < -0.39 is 16.8 Å². The quantitative estimate of drug-likeness (QED) is 0.369. The van der Waals surface area contributed by atoms with E-state index in [4.69, 9.17) is 0 Å². The minimum absolute atomic E-state index is 0.0320. The molecule has 0 aliphatic rings. The summed E-state index contributed by atoms with van der Waals surface area (Å²) in [5.74, 6) is -1.78. The molecule has 7 heteroatoms. The monoisotopic (exact) mass is 252 g/mol. The fourth-order valence-electron chi connectivity index (χ4n) is 1.19. The Labute approximate surface area is 103 Å². The molecule has 7 nitrogen and oxygen atoms in total. The van der Waals surface area contributed by atoms with Gasteiger partial charge in [-0.2, -0.15) is 0 Å². The Hall–Kier alpha value is -2.44. The third kappa shape index (κ3) is 3.85. The van der Waals surface area contributed by atoms with Crippen molar-refractivity contribution in [1.82, 2.24) is 5.32 Å². The second-order valence-electron chi connectivity index (χ2n) is 3.33. The van der Waals surface area contributed by atoms with Crippen molar-refractivity contribution in [1.29, 1.82) is 0 Å². The first-order valence-corrected chi connectivity index (χ1v) is 5.23. The van der Waals surface area contributed by atoms with Crippen LogP contribution in [0.15, 0.2) is 24.3 Å². The molecule has 1 amide bonds. The molecular weight excluding hydrogens is 240 g/mol. The van der Waals surface area contributed by atoms with Crippen molar-refractivity contribution < 1.29 is 19.2 Å². The first kappa shape index (κ1) is 13.6. The van der Waals surface area contributed by atoms with Gasteiger partial charge in [-0.05, 0) is 12.5 Å². The summed E-state index contributed by atoms with van der Waals surface area (Å²) in [5.41, 5.74) is 0.619. The number of nitrogens with zero attached hydrogens (tertiary/aromatic N) is 1. The molecule has 0 spiro atoms. The fraction of sp³-hybridized carbons (Fsp3) is 0.273. The van der Waals surface area contributed by atoms with Crippen LogP contribution in [0.1, 0.15) is 12.5 Å². The van der Waals surface area contributed by atoms with Gasteiger partial charge in [0.15, 0.2) is 0 Å². The van der Waals surface area contributed by atoms with E-state index in [1.54, 1.807) is 6.92 Å². The lowest BCUT2D eigenvalue weighted by molar-refractivity contribution is -0.384. The van der Waals surface area contributed by atoms with Gasteiger partial charge >= 0.3 is 11.9 Å². The summed E-state index contributed by atoms with van der Waals surface area (Å²) in [6, 6.07) is 5.66. The van der Waals surface area contributed by atoms with Crippen molar-refractivity contribution >= 4 is 17.6 Å². The molecule has 0 unspecified atom stereocenters. The molecule has 1 aromatic carbocycles. The van der Waals surface area contributed by atoms with Crippen LogP contribution in [0.25, 0.3) is 0 Å². The van der Waals surface area contributed by atoms with Gasteiger partial charge in [0.2, 0.25) is 0 Å². The SMILES string of the molecule is CCOC(=O)C(=O)NCc1ccc([N+](=O)[O-])cc1. The summed E-state index contributed by atoms with van der Waals surface area (Å²) >= 11 is 0. The van der Waals surface area contributed by atoms with E-state index in [0.29, 0.717) is 5.56 Å². The smallest absolute Gasteiger partial charge is 0.396 e. The lowest BCUT2D eigenvalue weighted by atomic mass is 10.2. The number of esters is 1. The number of nitro groups is 1. The average Bonchev–Trinajstić information content (AvgIpc) is 2.36. The first-order chi connectivity index (χ1) is 8.54. The summed E-state index contributed by atoms with van der Waals surface area (Å²) in [6.07, 6.45) is 0. The number of benzene rings is 1. The van der Waals surface area contributed by atoms with E-state index in [1.165, 1.54) is 24.3 Å². The maximum atomic E-state index is 11.2. The molecule has 0 aromatic heterocycles. The number of amides is 1. The van der Waals surface area contributed by atoms with Crippen molar-refractivity contribution in [2.24, 2.45) is 0 Å². The van der Waals surface area contributed by atoms with Crippen LogP contribution in [0.4, 0.5) is 5.69 Å². The van der Waals surface area contributed by atoms with Crippen molar-refractivity contribution in [2.45, 2.75) is 13.5 Å². The molecule has 0 saturated carbocycles. The number of hydrogen-bond donors (Lipinski definition) is 1. The molecular formula is C11H12N2O5. The first-order valence-electron chi connectivity index (χ1n) is 5.23. The molecule has 0 atom stereocenters. The highest BCUT2D eigenvalue weighted by Crippen LogP contribution is 2.11. The van der Waals surface area contributed by atoms with E-state index in [0.717, 1.165) is 0 Å². The summed E-state index contributed by atoms with van der Waals surface area (Å²) in [5, 5.41) is 12.8. The Morgan fingerprint density at radius 2 is 1.94 bits per heavy atom. The van der Waals surface area contributed by atoms with Gasteiger partial charge in [0.1, 0.15) is 0 Å². The van der Waals surface area contributed by atoms with E-state index in [1.807, 2.05) is 0 Å². The van der Waals surface area contributed by atoms with Crippen LogP contribution in [0, 0.1) is 10.1 Å². The number of carbonyl (C=O) groups excluding carboxylic acids is 2. The highest BCUT2D eigenvalue weighted by molar-refractivity contribution is 6.32. The lowest BCUT2D eigenvalue weighted by Gasteiger charge is -2.04. The number of hydrogen-bond acceptors (Lipinski definition) is 5. The standard InChI is InChI=1S/C11H12N2O5/c1-2-18-11(15)10(14)12-7-8-3-5-9(6-4-8)13(16)17/h3-6H,2,7H2,1H3,(H,12,14). The topological polar surface area (TPSA) is 98.5 Å². The van der Waals surface area contributed by atoms with E-state index in [9.17, 15) is 19.7 Å². The van der Waals surface area contributed by atoms with Gasteiger partial charge in [-0.15, -0.1) is 0 Å². The zero-order valence-corrected chi connectivity index (χ0v) is 9.71. The third-order valence-electron chi connectivity index (χ3n) is 2.06. The largest absolute Gasteiger partial charge is 0.459 e. The van der Waals surface area contributed by atoms with Crippen LogP contribution >= 0.6 is 0 Å². The normalized spacial score (nSPS) is 9.61. The van der Waals surface area contributed by atoms with E-state index in [-0.39, 0.29) is 18.8 Å². The van der Waals surface area contributed by atoms with Crippen molar-refractivity contribution in [3.8, 4) is 0 Å². The van der Waals surface area contributed by atoms with E-state index >= 15 is 0 Å². The van der Waals surface area contributed by atoms with Gasteiger partial charge in [0.25, 0.3) is 5.69 Å². The van der Waals surface area contributed by atoms with Crippen molar-refractivity contribution in [2.75, 3.05) is 6.61 Å². The number of nitrogens with one attached hydrogen (secondary N) is 1. The molecule has 1 rings (SSSR count). The Kier molecular flexibility index (Phi) is 4.79. The zero-order chi connectivity index (χ0) is 13.5. The van der Waals surface area contributed by atoms with Gasteiger partial charge in [-0.3, -0.25) is 14.9 Å². The van der Waals surface area contributed by atoms with Crippen LogP contribution in [0.5, 0.6) is 0 Å². The number of ether oxygens (including phenoxy) is 1. The van der Waals surface area contributed by atoms with Gasteiger partial charge in [0, 0.05) is 18.7 Å². The fourth-order valence-corrected chi connectivity index (χ4v) is 1.19. The lowest BCUT2D eigenvalue weighted by Crippen LogP contribution is -2.32. The second kappa shape index (κ2) is 6.33. The van der Waals surface area contributed by atoms with E-state index in [2.05, 4.69) is 10.1 Å². The number of rotatable bonds is 4. The van der Waals surface area contributed by atoms with Crippen LogP contribution < -0.4 is 5.32 Å². The molecule has 0 bridgehead atoms. The van der Waals surface area contributed by atoms with Gasteiger partial charge < -0.3 is 10.1 Å². The van der Waals surface area contributed by atoms with Crippen molar-refractivity contribution in [3.05, 3.63) is 39.9 Å². The highest BCUT2D eigenvalue weighted by Gasteiger charge is 2.13. The maximum absolute atomic E-state index is 11.2. The third-order valence-corrected chi connectivity index (χ3v) is 2.06. The maximum Gasteiger partial charge on any atom is 0.396 e. The average molecular weight is 252 g/mol. The molecule has 0 saturated heterocycles. The van der Waals surface area contributed by atoms with Gasteiger partial charge in [-0.1, -0.05) is 12.1 Å². The molecule has 18 heavy (non-hydrogen) atoms. The van der Waals surface area contributed by atoms with Gasteiger partial charge in [-0.25, -0.2) is 4.79 Å². The van der Waals surface area contributed by atoms with Crippen LogP contribution in [0.3, 0.4) is 0 Å². The summed E-state index contributed by atoms with van der Waals surface area (Å²) in [6.45, 7) is 1.83. The molecule has 96 valence electrons. The Bertz CT molecular complexity index is 455. The molecule has 0 fully saturated rings. The second-order valence-corrected chi connectivity index (χ2v) is 3.33. The molecule has 1 aromatic rings. The Morgan fingerprint density at radius 3 is 2.44 bits per heavy atom. The van der Waals surface area contributed by atoms with Crippen LogP contribution in [0.2, 0.25) is 0 Å². The number of non-ortho nitro benzene ring substituents is 1. The van der Waals surface area contributed by atoms with Crippen molar-refractivity contribution in [3.63, 3.8) is 0 Å². The minimum Gasteiger partial charge on any atom is -0.459 e. The summed E-state index contributed by atoms with van der Waals surface area (Å²) in [4.78, 5) is 32.1. The number of nitro benzene ring substituents is 1. The molecule has 1 N–H and O–H groups in total. The molecule has 0 aliphatic heterocycles. The minimum atomic E-state index is -0.945. The molecule has 0 aliphatic carbocycles. The Morgan fingerprint density at radius 1 is 1.33 bits per heavy atom. The zero-order valence-electron chi connectivity index (χ0n) is 9.71. The van der Waals surface area contributed by atoms with Crippen LogP contribution in [-0.2, 0) is 20.9 Å². The predicted molar refractivity (Wildman–Crippen MR) is 61.6 cm³/mol. The Balaban J connectivity index is 2.51. The number of carbonyl (C=O) groups is 2. The van der Waals surface area contributed by atoms with Crippen LogP contribution in [-0.4, -0.2) is 23.4 Å². The summed E-state index contributed by atoms with van der Waals surface area (Å²) in [7, 11) is 0.